The number of hydrogen-bond donors (Lipinski definition) is 1. The van der Waals surface area contributed by atoms with Crippen molar-refractivity contribution in [2.75, 3.05) is 0 Å². The normalized spacial score (nSPS) is 18.8. The van der Waals surface area contributed by atoms with Crippen LogP contribution in [0.1, 0.15) is 54.7 Å². The van der Waals surface area contributed by atoms with Crippen LogP contribution in [-0.4, -0.2) is 37.8 Å². The Hall–Kier alpha value is -3.51. The number of carbonyl (C=O) groups excluding carboxylic acids is 1. The Bertz CT molecular complexity index is 1320. The van der Waals surface area contributed by atoms with Crippen molar-refractivity contribution in [2.45, 2.75) is 59.0 Å². The van der Waals surface area contributed by atoms with Crippen LogP contribution in [0.4, 0.5) is 0 Å². The molecule has 1 aliphatic heterocycles. The van der Waals surface area contributed by atoms with Crippen LogP contribution in [0.25, 0.3) is 28.0 Å². The van der Waals surface area contributed by atoms with Crippen LogP contribution in [-0.2, 0) is 0 Å². The number of hydrazine groups is 1. The second-order valence-electron chi connectivity index (χ2n) is 9.43. The zero-order valence-electron chi connectivity index (χ0n) is 20.2. The minimum absolute atomic E-state index is 0.114. The first-order valence-corrected chi connectivity index (χ1v) is 12.0. The number of nitrogens with one attached hydrogen (secondary N) is 1. The first-order chi connectivity index (χ1) is 16.4. The summed E-state index contributed by atoms with van der Waals surface area (Å²) in [6, 6.07) is 20.7. The zero-order chi connectivity index (χ0) is 23.8. The van der Waals surface area contributed by atoms with Gasteiger partial charge in [-0.25, -0.2) is 14.7 Å². The van der Waals surface area contributed by atoms with E-state index < -0.39 is 0 Å². The summed E-state index contributed by atoms with van der Waals surface area (Å²) in [7, 11) is 0. The number of rotatable bonds is 4. The van der Waals surface area contributed by atoms with E-state index in [1.54, 1.807) is 0 Å². The smallest absolute Gasteiger partial charge is 0.266 e. The first-order valence-electron chi connectivity index (χ1n) is 12.0. The van der Waals surface area contributed by atoms with Gasteiger partial charge in [-0.3, -0.25) is 10.2 Å². The molecule has 0 aliphatic carbocycles. The van der Waals surface area contributed by atoms with Gasteiger partial charge in [0.1, 0.15) is 0 Å². The molecule has 1 fully saturated rings. The lowest BCUT2D eigenvalue weighted by Gasteiger charge is -2.38. The van der Waals surface area contributed by atoms with Gasteiger partial charge in [-0.05, 0) is 58.7 Å². The second kappa shape index (κ2) is 9.03. The third-order valence-corrected chi connectivity index (χ3v) is 6.83. The van der Waals surface area contributed by atoms with Crippen molar-refractivity contribution < 1.29 is 4.79 Å². The predicted molar refractivity (Wildman–Crippen MR) is 136 cm³/mol. The van der Waals surface area contributed by atoms with E-state index in [0.29, 0.717) is 23.3 Å². The van der Waals surface area contributed by atoms with Gasteiger partial charge in [0.15, 0.2) is 5.65 Å². The van der Waals surface area contributed by atoms with Gasteiger partial charge in [0.2, 0.25) is 0 Å². The van der Waals surface area contributed by atoms with E-state index in [1.807, 2.05) is 60.1 Å². The molecule has 1 aliphatic rings. The van der Waals surface area contributed by atoms with Gasteiger partial charge in [0.05, 0.1) is 28.0 Å². The molecule has 5 rings (SSSR count). The van der Waals surface area contributed by atoms with E-state index in [0.717, 1.165) is 40.9 Å². The number of fused-ring (bicyclic) bond motifs is 1. The summed E-state index contributed by atoms with van der Waals surface area (Å²) < 4.78 is 1.85. The van der Waals surface area contributed by atoms with Crippen LogP contribution in [0.15, 0.2) is 60.7 Å². The molecule has 0 unspecified atom stereocenters. The summed E-state index contributed by atoms with van der Waals surface area (Å²) in [4.78, 5) is 18.7. The van der Waals surface area contributed by atoms with E-state index in [2.05, 4.69) is 43.3 Å². The maximum atomic E-state index is 13.7. The maximum absolute atomic E-state index is 13.7. The Kier molecular flexibility index (Phi) is 5.92. The lowest BCUT2D eigenvalue weighted by atomic mass is 9.99. The Balaban J connectivity index is 1.67. The highest BCUT2D eigenvalue weighted by atomic mass is 16.2. The summed E-state index contributed by atoms with van der Waals surface area (Å²) in [6.45, 7) is 8.36. The van der Waals surface area contributed by atoms with Crippen LogP contribution in [0.2, 0.25) is 0 Å². The molecular formula is C28H31N5O. The van der Waals surface area contributed by atoms with Gasteiger partial charge in [0, 0.05) is 17.6 Å². The summed E-state index contributed by atoms with van der Waals surface area (Å²) in [6.07, 6.45) is 3.35. The molecular weight excluding hydrogens is 422 g/mol. The molecule has 0 saturated carbocycles. The van der Waals surface area contributed by atoms with E-state index in [4.69, 9.17) is 10.1 Å². The minimum atomic E-state index is -0.114. The van der Waals surface area contributed by atoms with Gasteiger partial charge in [0.25, 0.3) is 5.91 Å². The van der Waals surface area contributed by atoms with Crippen LogP contribution in [0, 0.1) is 13.8 Å². The van der Waals surface area contributed by atoms with E-state index in [-0.39, 0.29) is 5.91 Å². The molecule has 4 aromatic rings. The highest BCUT2D eigenvalue weighted by Gasteiger charge is 2.28. The fraction of sp³-hybridized carbons (Fsp3) is 0.321. The summed E-state index contributed by atoms with van der Waals surface area (Å²) in [5, 5.41) is 7.70. The van der Waals surface area contributed by atoms with Gasteiger partial charge >= 0.3 is 0 Å². The van der Waals surface area contributed by atoms with Gasteiger partial charge < -0.3 is 0 Å². The molecule has 34 heavy (non-hydrogen) atoms. The highest BCUT2D eigenvalue weighted by Crippen LogP contribution is 2.29. The first kappa shape index (κ1) is 22.3. The van der Waals surface area contributed by atoms with Crippen molar-refractivity contribution in [3.05, 3.63) is 77.5 Å². The largest absolute Gasteiger partial charge is 0.284 e. The highest BCUT2D eigenvalue weighted by molar-refractivity contribution is 6.07. The number of piperidine rings is 1. The van der Waals surface area contributed by atoms with Gasteiger partial charge in [-0.1, -0.05) is 54.4 Å². The van der Waals surface area contributed by atoms with Crippen molar-refractivity contribution in [3.63, 3.8) is 0 Å². The third-order valence-electron chi connectivity index (χ3n) is 6.83. The SMILES string of the molecule is Cc1ccc(-n2nc(C)c3c(C(=O)NN4[C@H](C)CCC[C@@H]4C)cc(-c4ccccc4)nc32)cc1. The van der Waals surface area contributed by atoms with Crippen LogP contribution >= 0.6 is 0 Å². The summed E-state index contributed by atoms with van der Waals surface area (Å²) in [5.41, 5.74) is 9.12. The van der Waals surface area contributed by atoms with Gasteiger partial charge in [-0.2, -0.15) is 5.10 Å². The number of pyridine rings is 1. The zero-order valence-corrected chi connectivity index (χ0v) is 20.2. The van der Waals surface area contributed by atoms with Crippen LogP contribution in [0.5, 0.6) is 0 Å². The number of aromatic nitrogens is 3. The molecule has 2 aromatic heterocycles. The second-order valence-corrected chi connectivity index (χ2v) is 9.43. The molecule has 174 valence electrons. The average molecular weight is 454 g/mol. The standard InChI is InChI=1S/C28H31N5O/c1-18-13-15-23(16-14-18)33-27-26(21(4)30-33)24(17-25(29-27)22-11-6-5-7-12-22)28(34)31-32-19(2)9-8-10-20(32)3/h5-7,11-17,19-20H,8-10H2,1-4H3,(H,31,34)/t19-,20+. The van der Waals surface area contributed by atoms with Crippen molar-refractivity contribution in [1.29, 1.82) is 0 Å². The average Bonchev–Trinajstić information content (AvgIpc) is 3.18. The quantitative estimate of drug-likeness (QED) is 0.436. The fourth-order valence-corrected chi connectivity index (χ4v) is 4.91. The number of nitrogens with zero attached hydrogens (tertiary/aromatic N) is 4. The third kappa shape index (κ3) is 4.10. The molecule has 1 saturated heterocycles. The topological polar surface area (TPSA) is 63.1 Å². The monoisotopic (exact) mass is 453 g/mol. The Morgan fingerprint density at radius 3 is 2.32 bits per heavy atom. The van der Waals surface area contributed by atoms with Gasteiger partial charge in [-0.15, -0.1) is 0 Å². The van der Waals surface area contributed by atoms with Crippen LogP contribution in [0.3, 0.4) is 0 Å². The molecule has 2 atom stereocenters. The van der Waals surface area contributed by atoms with Crippen LogP contribution < -0.4 is 5.43 Å². The molecule has 3 heterocycles. The van der Waals surface area contributed by atoms with E-state index in [1.165, 1.54) is 12.0 Å². The molecule has 6 nitrogen and oxygen atoms in total. The van der Waals surface area contributed by atoms with E-state index >= 15 is 0 Å². The predicted octanol–water partition coefficient (Wildman–Crippen LogP) is 5.61. The molecule has 1 amide bonds. The number of amides is 1. The Morgan fingerprint density at radius 1 is 0.971 bits per heavy atom. The Labute approximate surface area is 200 Å². The number of aryl methyl sites for hydroxylation is 2. The van der Waals surface area contributed by atoms with E-state index in [9.17, 15) is 4.79 Å². The number of benzene rings is 2. The summed E-state index contributed by atoms with van der Waals surface area (Å²) in [5.74, 6) is -0.114. The fourth-order valence-electron chi connectivity index (χ4n) is 4.91. The molecule has 1 N–H and O–H groups in total. The molecule has 0 bridgehead atoms. The number of hydrogen-bond acceptors (Lipinski definition) is 4. The van der Waals surface area contributed by atoms with Crippen molar-refractivity contribution in [1.82, 2.24) is 25.2 Å². The maximum Gasteiger partial charge on any atom is 0.266 e. The lowest BCUT2D eigenvalue weighted by molar-refractivity contribution is 0.0371. The summed E-state index contributed by atoms with van der Waals surface area (Å²) >= 11 is 0. The molecule has 0 spiro atoms. The lowest BCUT2D eigenvalue weighted by Crippen LogP contribution is -2.54. The van der Waals surface area contributed by atoms with Crippen molar-refractivity contribution >= 4 is 16.9 Å². The number of carbonyl (C=O) groups is 1. The molecule has 0 radical (unpaired) electrons. The molecule has 2 aromatic carbocycles. The Morgan fingerprint density at radius 2 is 1.65 bits per heavy atom. The minimum Gasteiger partial charge on any atom is -0.284 e. The van der Waals surface area contributed by atoms with Crippen molar-refractivity contribution in [3.8, 4) is 16.9 Å². The molecule has 6 heteroatoms. The van der Waals surface area contributed by atoms with Crippen molar-refractivity contribution in [2.24, 2.45) is 0 Å².